The van der Waals surface area contributed by atoms with E-state index in [0.717, 1.165) is 3.97 Å². The summed E-state index contributed by atoms with van der Waals surface area (Å²) in [6.45, 7) is 8.06. The number of amides is 1. The molecule has 2 aliphatic rings. The molecule has 1 aliphatic carbocycles. The molecule has 4 rings (SSSR count). The van der Waals surface area contributed by atoms with Crippen molar-refractivity contribution in [3.8, 4) is 0 Å². The van der Waals surface area contributed by atoms with Crippen molar-refractivity contribution in [2.45, 2.75) is 56.9 Å². The molecule has 2 aromatic rings. The van der Waals surface area contributed by atoms with Crippen molar-refractivity contribution >= 4 is 32.8 Å². The summed E-state index contributed by atoms with van der Waals surface area (Å²) < 4.78 is 32.1. The van der Waals surface area contributed by atoms with E-state index in [4.69, 9.17) is 4.74 Å². The molecule has 3 heterocycles. The van der Waals surface area contributed by atoms with E-state index in [1.54, 1.807) is 32.9 Å². The lowest BCUT2D eigenvalue weighted by atomic mass is 10.0. The average Bonchev–Trinajstić information content (AvgIpc) is 3.40. The van der Waals surface area contributed by atoms with Crippen molar-refractivity contribution in [3.05, 3.63) is 58.6 Å². The van der Waals surface area contributed by atoms with Crippen LogP contribution in [0.4, 0.5) is 10.5 Å². The van der Waals surface area contributed by atoms with E-state index in [-0.39, 0.29) is 23.8 Å². The van der Waals surface area contributed by atoms with Crippen LogP contribution in [0.25, 0.3) is 11.0 Å². The third-order valence-corrected chi connectivity index (χ3v) is 8.34. The maximum Gasteiger partial charge on any atom is 0.407 e. The van der Waals surface area contributed by atoms with E-state index in [1.165, 1.54) is 37.5 Å². The first-order chi connectivity index (χ1) is 16.8. The summed E-state index contributed by atoms with van der Waals surface area (Å²) in [4.78, 5) is 27.0. The van der Waals surface area contributed by atoms with E-state index in [9.17, 15) is 23.3 Å². The van der Waals surface area contributed by atoms with Gasteiger partial charge in [0.1, 0.15) is 10.3 Å². The molecule has 1 fully saturated rings. The number of hydrogen-bond donors (Lipinski definition) is 2. The number of carbonyl (C=O) groups is 1. The zero-order valence-electron chi connectivity index (χ0n) is 20.6. The zero-order chi connectivity index (χ0) is 26.3. The molecule has 1 aliphatic heterocycles. The van der Waals surface area contributed by atoms with Crippen LogP contribution in [0.3, 0.4) is 0 Å². The van der Waals surface area contributed by atoms with Gasteiger partial charge in [-0.05, 0) is 52.7 Å². The molecule has 12 nitrogen and oxygen atoms in total. The molecule has 0 spiro atoms. The maximum absolute atomic E-state index is 13.6. The predicted molar refractivity (Wildman–Crippen MR) is 134 cm³/mol. The van der Waals surface area contributed by atoms with Gasteiger partial charge in [-0.1, -0.05) is 6.08 Å². The molecule has 0 radical (unpaired) electrons. The lowest BCUT2D eigenvalue weighted by Gasteiger charge is -2.26. The number of fused-ring (bicyclic) bond motifs is 1. The predicted octanol–water partition coefficient (Wildman–Crippen LogP) is 3.02. The van der Waals surface area contributed by atoms with E-state index < -0.39 is 31.4 Å². The monoisotopic (exact) mass is 518 g/mol. The molecule has 194 valence electrons. The Balaban J connectivity index is 1.53. The van der Waals surface area contributed by atoms with Crippen LogP contribution < -0.4 is 10.7 Å². The Labute approximate surface area is 209 Å². The van der Waals surface area contributed by atoms with Crippen LogP contribution >= 0.6 is 0 Å². The number of allylic oxidation sites excluding steroid dienone is 2. The van der Waals surface area contributed by atoms with E-state index in [0.29, 0.717) is 30.6 Å². The van der Waals surface area contributed by atoms with Gasteiger partial charge in [0.15, 0.2) is 5.65 Å². The first kappa shape index (κ1) is 25.6. The fourth-order valence-electron chi connectivity index (χ4n) is 4.28. The molecule has 13 heteroatoms. The summed E-state index contributed by atoms with van der Waals surface area (Å²) in [6, 6.07) is 3.29. The minimum atomic E-state index is -4.07. The van der Waals surface area contributed by atoms with Crippen molar-refractivity contribution in [2.75, 3.05) is 18.5 Å². The molecular formula is C23H30N6O6S. The normalized spacial score (nSPS) is 22.9. The van der Waals surface area contributed by atoms with Crippen molar-refractivity contribution in [2.24, 2.45) is 0 Å². The van der Waals surface area contributed by atoms with Gasteiger partial charge in [0, 0.05) is 49.1 Å². The van der Waals surface area contributed by atoms with Crippen molar-refractivity contribution < 1.29 is 22.9 Å². The van der Waals surface area contributed by atoms with Crippen molar-refractivity contribution in [1.82, 2.24) is 19.3 Å². The Morgan fingerprint density at radius 1 is 1.33 bits per heavy atom. The van der Waals surface area contributed by atoms with Crippen LogP contribution in [-0.2, 0) is 14.8 Å². The second-order valence-electron chi connectivity index (χ2n) is 10.1. The number of hydrazine groups is 1. The highest BCUT2D eigenvalue weighted by molar-refractivity contribution is 7.91. The molecule has 1 unspecified atom stereocenters. The van der Waals surface area contributed by atoms with Gasteiger partial charge in [0.05, 0.1) is 10.6 Å². The van der Waals surface area contributed by atoms with Crippen LogP contribution in [0.2, 0.25) is 0 Å². The minimum Gasteiger partial charge on any atom is -0.444 e. The smallest absolute Gasteiger partial charge is 0.407 e. The lowest BCUT2D eigenvalue weighted by Crippen LogP contribution is -2.41. The summed E-state index contributed by atoms with van der Waals surface area (Å²) >= 11 is 0. The third-order valence-electron chi connectivity index (χ3n) is 6.07. The molecule has 0 bridgehead atoms. The van der Waals surface area contributed by atoms with E-state index in [1.807, 2.05) is 5.01 Å². The fourth-order valence-corrected chi connectivity index (χ4v) is 5.90. The van der Waals surface area contributed by atoms with E-state index >= 15 is 0 Å². The van der Waals surface area contributed by atoms with Crippen LogP contribution in [-0.4, -0.2) is 62.9 Å². The van der Waals surface area contributed by atoms with Crippen LogP contribution in [0.5, 0.6) is 0 Å². The molecule has 1 amide bonds. The third kappa shape index (κ3) is 5.07. The number of nitrogens with zero attached hydrogens (tertiary/aromatic N) is 4. The van der Waals surface area contributed by atoms with Gasteiger partial charge in [-0.3, -0.25) is 10.1 Å². The number of rotatable bonds is 6. The summed E-state index contributed by atoms with van der Waals surface area (Å²) in [6.07, 6.45) is 7.25. The van der Waals surface area contributed by atoms with Gasteiger partial charge in [-0.25, -0.2) is 27.2 Å². The Morgan fingerprint density at radius 3 is 2.78 bits per heavy atom. The number of nitrogens with one attached hydrogen (secondary N) is 2. The highest BCUT2D eigenvalue weighted by Crippen LogP contribution is 2.34. The molecule has 0 saturated carbocycles. The fraction of sp³-hybridized carbons (Fsp3) is 0.478. The summed E-state index contributed by atoms with van der Waals surface area (Å²) in [5.41, 5.74) is 3.32. The Morgan fingerprint density at radius 2 is 2.08 bits per heavy atom. The van der Waals surface area contributed by atoms with Gasteiger partial charge < -0.3 is 15.5 Å². The second-order valence-corrected chi connectivity index (χ2v) is 12.4. The number of hydrogen-bond acceptors (Lipinski definition) is 9. The number of nitro groups is 1. The van der Waals surface area contributed by atoms with Gasteiger partial charge in [-0.2, -0.15) is 0 Å². The van der Waals surface area contributed by atoms with Gasteiger partial charge in [-0.15, -0.1) is 0 Å². The SMILES string of the molecule is CC(C)(C)OC(=O)N[C@@H]1CCN(Nc2ccnc3c2ccn3S(=O)(=O)C2(C)C=C([N+](=O)[O-])C=CC2)C1. The Hall–Kier alpha value is -3.45. The lowest BCUT2D eigenvalue weighted by molar-refractivity contribution is -0.419. The molecule has 0 aromatic carbocycles. The largest absolute Gasteiger partial charge is 0.444 e. The second kappa shape index (κ2) is 9.21. The Bertz CT molecular complexity index is 1360. The minimum absolute atomic E-state index is 0.100. The van der Waals surface area contributed by atoms with E-state index in [2.05, 4.69) is 15.7 Å². The Kier molecular flexibility index (Phi) is 6.56. The first-order valence-electron chi connectivity index (χ1n) is 11.6. The van der Waals surface area contributed by atoms with Gasteiger partial charge in [0.2, 0.25) is 10.0 Å². The van der Waals surface area contributed by atoms with Crippen LogP contribution in [0.15, 0.2) is 48.5 Å². The number of anilines is 1. The number of ether oxygens (including phenoxy) is 1. The summed E-state index contributed by atoms with van der Waals surface area (Å²) in [5, 5.41) is 16.6. The number of pyridine rings is 1. The van der Waals surface area contributed by atoms with Gasteiger partial charge >= 0.3 is 6.09 Å². The number of carbonyl (C=O) groups excluding carboxylic acids is 1. The van der Waals surface area contributed by atoms with Crippen molar-refractivity contribution in [1.29, 1.82) is 0 Å². The summed E-state index contributed by atoms with van der Waals surface area (Å²) in [5.74, 6) is 0. The molecular weight excluding hydrogens is 488 g/mol. The highest BCUT2D eigenvalue weighted by Gasteiger charge is 2.42. The van der Waals surface area contributed by atoms with Crippen molar-refractivity contribution in [3.63, 3.8) is 0 Å². The molecule has 2 atom stereocenters. The van der Waals surface area contributed by atoms with Crippen LogP contribution in [0.1, 0.15) is 40.5 Å². The zero-order valence-corrected chi connectivity index (χ0v) is 21.4. The van der Waals surface area contributed by atoms with Gasteiger partial charge in [0.25, 0.3) is 5.70 Å². The quantitative estimate of drug-likeness (QED) is 0.435. The first-order valence-corrected chi connectivity index (χ1v) is 13.0. The summed E-state index contributed by atoms with van der Waals surface area (Å²) in [7, 11) is -4.07. The number of aromatic nitrogens is 2. The average molecular weight is 519 g/mol. The highest BCUT2D eigenvalue weighted by atomic mass is 32.2. The maximum atomic E-state index is 13.6. The molecule has 2 N–H and O–H groups in total. The van der Waals surface area contributed by atoms with Crippen LogP contribution in [0, 0.1) is 10.1 Å². The molecule has 2 aromatic heterocycles. The molecule has 1 saturated heterocycles. The number of alkyl carbamates (subject to hydrolysis) is 1. The topological polar surface area (TPSA) is 149 Å². The standard InChI is InChI=1S/C23H30N6O6S/c1-22(2,3)35-21(30)25-16-8-12-27(15-16)26-19-7-11-24-20-18(19)9-13-28(20)36(33,34)23(4)10-5-6-17(14-23)29(31)32/h5-7,9,11,13-14,16H,8,10,12,15H2,1-4H3,(H,24,26)(H,25,30)/t16-,23?/m1/s1. The molecule has 36 heavy (non-hydrogen) atoms.